The van der Waals surface area contributed by atoms with E-state index in [2.05, 4.69) is 51.6 Å². The normalized spacial score (nSPS) is 12.0. The van der Waals surface area contributed by atoms with Gasteiger partial charge < -0.3 is 19.6 Å². The van der Waals surface area contributed by atoms with Crippen molar-refractivity contribution in [3.63, 3.8) is 0 Å². The van der Waals surface area contributed by atoms with Crippen LogP contribution in [-0.2, 0) is 25.6 Å². The van der Waals surface area contributed by atoms with Crippen LogP contribution in [0.5, 0.6) is 0 Å². The SMILES string of the molecule is CN=C(NCc1ncc(C(C)(C)C)o1)NCc1nncn1C.I. The van der Waals surface area contributed by atoms with Crippen LogP contribution in [0.1, 0.15) is 38.2 Å². The Morgan fingerprint density at radius 1 is 1.30 bits per heavy atom. The van der Waals surface area contributed by atoms with Crippen molar-refractivity contribution >= 4 is 29.9 Å². The van der Waals surface area contributed by atoms with Crippen molar-refractivity contribution in [2.24, 2.45) is 12.0 Å². The van der Waals surface area contributed by atoms with Gasteiger partial charge in [-0.1, -0.05) is 20.8 Å². The third-order valence-corrected chi connectivity index (χ3v) is 3.14. The van der Waals surface area contributed by atoms with Crippen LogP contribution in [-0.4, -0.2) is 32.8 Å². The largest absolute Gasteiger partial charge is 0.443 e. The van der Waals surface area contributed by atoms with Crippen LogP contribution >= 0.6 is 24.0 Å². The fourth-order valence-corrected chi connectivity index (χ4v) is 1.75. The third kappa shape index (κ3) is 5.48. The Morgan fingerprint density at radius 2 is 2.00 bits per heavy atom. The molecule has 0 bridgehead atoms. The first-order valence-corrected chi connectivity index (χ1v) is 7.12. The Balaban J connectivity index is 0.00000264. The molecule has 0 saturated heterocycles. The number of hydrogen-bond donors (Lipinski definition) is 2. The van der Waals surface area contributed by atoms with Crippen molar-refractivity contribution in [2.45, 2.75) is 39.3 Å². The molecular formula is C14H24IN7O. The maximum Gasteiger partial charge on any atom is 0.213 e. The van der Waals surface area contributed by atoms with Crippen molar-refractivity contribution < 1.29 is 4.42 Å². The van der Waals surface area contributed by atoms with Crippen LogP contribution < -0.4 is 10.6 Å². The van der Waals surface area contributed by atoms with Crippen LogP contribution in [0, 0.1) is 0 Å². The van der Waals surface area contributed by atoms with E-state index in [0.717, 1.165) is 11.6 Å². The first kappa shape index (κ1) is 19.4. The predicted molar refractivity (Wildman–Crippen MR) is 98.7 cm³/mol. The molecule has 0 aliphatic rings. The van der Waals surface area contributed by atoms with Gasteiger partial charge in [-0.3, -0.25) is 4.99 Å². The Bertz CT molecular complexity index is 642. The number of hydrogen-bond acceptors (Lipinski definition) is 5. The minimum atomic E-state index is -0.0453. The van der Waals surface area contributed by atoms with Gasteiger partial charge in [0.2, 0.25) is 5.89 Å². The number of aryl methyl sites for hydroxylation is 1. The van der Waals surface area contributed by atoms with E-state index in [0.29, 0.717) is 24.9 Å². The van der Waals surface area contributed by atoms with Crippen molar-refractivity contribution in [1.82, 2.24) is 30.4 Å². The average molecular weight is 433 g/mol. The summed E-state index contributed by atoms with van der Waals surface area (Å²) in [5, 5.41) is 14.2. The molecule has 0 fully saturated rings. The van der Waals surface area contributed by atoms with Gasteiger partial charge in [-0.25, -0.2) is 4.98 Å². The molecule has 2 heterocycles. The molecule has 0 spiro atoms. The summed E-state index contributed by atoms with van der Waals surface area (Å²) in [6.45, 7) is 7.27. The van der Waals surface area contributed by atoms with Crippen molar-refractivity contribution in [2.75, 3.05) is 7.05 Å². The lowest BCUT2D eigenvalue weighted by Crippen LogP contribution is -2.37. The van der Waals surface area contributed by atoms with E-state index >= 15 is 0 Å². The molecule has 23 heavy (non-hydrogen) atoms. The van der Waals surface area contributed by atoms with Crippen LogP contribution in [0.3, 0.4) is 0 Å². The first-order valence-electron chi connectivity index (χ1n) is 7.12. The monoisotopic (exact) mass is 433 g/mol. The van der Waals surface area contributed by atoms with Gasteiger partial charge >= 0.3 is 0 Å². The van der Waals surface area contributed by atoms with E-state index < -0.39 is 0 Å². The quantitative estimate of drug-likeness (QED) is 0.432. The van der Waals surface area contributed by atoms with E-state index in [9.17, 15) is 0 Å². The van der Waals surface area contributed by atoms with E-state index in [1.165, 1.54) is 0 Å². The van der Waals surface area contributed by atoms with Crippen LogP contribution in [0.4, 0.5) is 0 Å². The highest BCUT2D eigenvalue weighted by molar-refractivity contribution is 14.0. The van der Waals surface area contributed by atoms with Crippen LogP contribution in [0.25, 0.3) is 0 Å². The smallest absolute Gasteiger partial charge is 0.213 e. The van der Waals surface area contributed by atoms with E-state index in [1.807, 2.05) is 11.6 Å². The van der Waals surface area contributed by atoms with Crippen LogP contribution in [0.2, 0.25) is 0 Å². The Hall–Kier alpha value is -1.65. The second-order valence-corrected chi connectivity index (χ2v) is 6.01. The fraction of sp³-hybridized carbons (Fsp3) is 0.571. The second-order valence-electron chi connectivity index (χ2n) is 6.01. The number of halogens is 1. The van der Waals surface area contributed by atoms with Gasteiger partial charge in [-0.15, -0.1) is 34.2 Å². The maximum atomic E-state index is 5.73. The molecule has 2 aromatic rings. The summed E-state index contributed by atoms with van der Waals surface area (Å²) in [5.41, 5.74) is -0.0453. The molecule has 0 aliphatic heterocycles. The van der Waals surface area contributed by atoms with Gasteiger partial charge in [0.15, 0.2) is 11.8 Å². The van der Waals surface area contributed by atoms with Crippen molar-refractivity contribution in [1.29, 1.82) is 0 Å². The van der Waals surface area contributed by atoms with Gasteiger partial charge in [0.25, 0.3) is 0 Å². The lowest BCUT2D eigenvalue weighted by atomic mass is 9.94. The number of rotatable bonds is 4. The highest BCUT2D eigenvalue weighted by atomic mass is 127. The minimum absolute atomic E-state index is 0. The molecule has 2 N–H and O–H groups in total. The predicted octanol–water partition coefficient (Wildman–Crippen LogP) is 1.58. The van der Waals surface area contributed by atoms with Crippen molar-refractivity contribution in [3.05, 3.63) is 30.0 Å². The molecule has 0 atom stereocenters. The van der Waals surface area contributed by atoms with Crippen LogP contribution in [0.15, 0.2) is 21.9 Å². The average Bonchev–Trinajstić information content (AvgIpc) is 3.08. The Morgan fingerprint density at radius 3 is 2.52 bits per heavy atom. The number of nitrogens with zero attached hydrogens (tertiary/aromatic N) is 5. The van der Waals surface area contributed by atoms with Gasteiger partial charge in [0.05, 0.1) is 19.3 Å². The highest BCUT2D eigenvalue weighted by Gasteiger charge is 2.19. The van der Waals surface area contributed by atoms with Gasteiger partial charge in [-0.05, 0) is 0 Å². The summed E-state index contributed by atoms with van der Waals surface area (Å²) in [4.78, 5) is 8.43. The molecule has 8 nitrogen and oxygen atoms in total. The number of nitrogens with one attached hydrogen (secondary N) is 2. The summed E-state index contributed by atoms with van der Waals surface area (Å²) in [6.07, 6.45) is 3.43. The number of guanidine groups is 1. The molecule has 0 amide bonds. The minimum Gasteiger partial charge on any atom is -0.443 e. The fourth-order valence-electron chi connectivity index (χ4n) is 1.75. The van der Waals surface area contributed by atoms with E-state index in [-0.39, 0.29) is 29.4 Å². The molecule has 0 unspecified atom stereocenters. The molecule has 0 aliphatic carbocycles. The first-order chi connectivity index (χ1) is 10.4. The van der Waals surface area contributed by atoms with E-state index in [1.54, 1.807) is 19.6 Å². The molecule has 0 aromatic carbocycles. The summed E-state index contributed by atoms with van der Waals surface area (Å²) >= 11 is 0. The number of aromatic nitrogens is 4. The zero-order valence-corrected chi connectivity index (χ0v) is 16.5. The molecule has 2 aromatic heterocycles. The number of oxazole rings is 1. The highest BCUT2D eigenvalue weighted by Crippen LogP contribution is 2.22. The molecule has 0 saturated carbocycles. The Labute approximate surface area is 153 Å². The van der Waals surface area contributed by atoms with E-state index in [4.69, 9.17) is 4.42 Å². The molecule has 9 heteroatoms. The zero-order valence-electron chi connectivity index (χ0n) is 14.1. The van der Waals surface area contributed by atoms with Crippen molar-refractivity contribution in [3.8, 4) is 0 Å². The third-order valence-electron chi connectivity index (χ3n) is 3.14. The van der Waals surface area contributed by atoms with Gasteiger partial charge in [-0.2, -0.15) is 0 Å². The molecule has 0 radical (unpaired) electrons. The number of aliphatic imine (C=N–C) groups is 1. The summed E-state index contributed by atoms with van der Waals surface area (Å²) in [5.74, 6) is 2.98. The molecule has 128 valence electrons. The standard InChI is InChI=1S/C14H23N7O.HI/c1-14(2,3)10-6-16-12(22-10)8-18-13(15-4)17-7-11-20-19-9-21(11)5;/h6,9H,7-8H2,1-5H3,(H2,15,17,18);1H. The molecule has 2 rings (SSSR count). The lowest BCUT2D eigenvalue weighted by molar-refractivity contribution is 0.379. The maximum absolute atomic E-state index is 5.73. The zero-order chi connectivity index (χ0) is 16.2. The topological polar surface area (TPSA) is 93.2 Å². The summed E-state index contributed by atoms with van der Waals surface area (Å²) < 4.78 is 7.58. The summed E-state index contributed by atoms with van der Waals surface area (Å²) in [7, 11) is 3.61. The molecular weight excluding hydrogens is 409 g/mol. The second kappa shape index (κ2) is 8.27. The Kier molecular flexibility index (Phi) is 6.98. The van der Waals surface area contributed by atoms with Gasteiger partial charge in [0.1, 0.15) is 12.1 Å². The summed E-state index contributed by atoms with van der Waals surface area (Å²) in [6, 6.07) is 0. The lowest BCUT2D eigenvalue weighted by Gasteiger charge is -2.13. The van der Waals surface area contributed by atoms with Gasteiger partial charge in [0, 0.05) is 19.5 Å².